The number of likely N-dealkylation sites (tertiary alicyclic amines) is 1. The lowest BCUT2D eigenvalue weighted by Gasteiger charge is -2.35. The second-order valence-electron chi connectivity index (χ2n) is 6.35. The van der Waals surface area contributed by atoms with E-state index in [-0.39, 0.29) is 29.8 Å². The summed E-state index contributed by atoms with van der Waals surface area (Å²) in [6.45, 7) is 8.55. The quantitative estimate of drug-likeness (QED) is 0.884. The number of hydrogen-bond donors (Lipinski definition) is 2. The van der Waals surface area contributed by atoms with Crippen molar-refractivity contribution in [2.24, 2.45) is 11.7 Å². The van der Waals surface area contributed by atoms with E-state index in [0.717, 1.165) is 32.5 Å². The summed E-state index contributed by atoms with van der Waals surface area (Å²) in [6, 6.07) is 1.73. The largest absolute Gasteiger partial charge is 0.360 e. The molecule has 6 nitrogen and oxygen atoms in total. The minimum absolute atomic E-state index is 0. The highest BCUT2D eigenvalue weighted by molar-refractivity contribution is 5.91. The molecule has 1 amide bonds. The van der Waals surface area contributed by atoms with Crippen LogP contribution in [0.5, 0.6) is 0 Å². The molecule has 0 spiro atoms. The Morgan fingerprint density at radius 2 is 2.14 bits per heavy atom. The van der Waals surface area contributed by atoms with Gasteiger partial charge in [-0.15, -0.1) is 12.4 Å². The predicted octanol–water partition coefficient (Wildman–Crippen LogP) is 1.79. The maximum Gasteiger partial charge on any atom is 0.228 e. The first-order chi connectivity index (χ1) is 9.33. The molecule has 0 bridgehead atoms. The van der Waals surface area contributed by atoms with E-state index in [4.69, 9.17) is 10.3 Å². The number of aromatic nitrogens is 1. The minimum atomic E-state index is -0.187. The summed E-state index contributed by atoms with van der Waals surface area (Å²) >= 11 is 0. The molecule has 0 radical (unpaired) electrons. The predicted molar refractivity (Wildman–Crippen MR) is 84.5 cm³/mol. The first kappa shape index (κ1) is 17.9. The third kappa shape index (κ3) is 5.65. The third-order valence-electron chi connectivity index (χ3n) is 3.47. The molecule has 1 aromatic rings. The molecule has 0 aliphatic carbocycles. The molecule has 0 atom stereocenters. The zero-order valence-corrected chi connectivity index (χ0v) is 13.7. The molecule has 21 heavy (non-hydrogen) atoms. The van der Waals surface area contributed by atoms with Crippen molar-refractivity contribution in [2.75, 3.05) is 25.0 Å². The van der Waals surface area contributed by atoms with Crippen LogP contribution in [0.15, 0.2) is 10.6 Å². The summed E-state index contributed by atoms with van der Waals surface area (Å²) in [6.07, 6.45) is 1.72. The van der Waals surface area contributed by atoms with Gasteiger partial charge in [-0.25, -0.2) is 0 Å². The van der Waals surface area contributed by atoms with Gasteiger partial charge in [-0.05, 0) is 46.7 Å². The standard InChI is InChI=1S/C14H24N4O2.ClH/c1-10-8-12(17-20-10)16-13(19)11-4-6-18(7-5-11)9-14(2,3)15;/h8,11H,4-7,9,15H2,1-3H3,(H,16,17,19);1H. The lowest BCUT2D eigenvalue weighted by molar-refractivity contribution is -0.121. The summed E-state index contributed by atoms with van der Waals surface area (Å²) in [5.74, 6) is 1.27. The van der Waals surface area contributed by atoms with Crippen molar-refractivity contribution in [3.63, 3.8) is 0 Å². The number of halogens is 1. The molecule has 2 heterocycles. The molecule has 1 aliphatic rings. The topological polar surface area (TPSA) is 84.4 Å². The number of piperidine rings is 1. The van der Waals surface area contributed by atoms with Crippen molar-refractivity contribution in [3.8, 4) is 0 Å². The van der Waals surface area contributed by atoms with Crippen LogP contribution in [0, 0.1) is 12.8 Å². The second kappa shape index (κ2) is 7.24. The Bertz CT molecular complexity index is 462. The molecular weight excluding hydrogens is 292 g/mol. The van der Waals surface area contributed by atoms with Crippen LogP contribution < -0.4 is 11.1 Å². The number of hydrogen-bond acceptors (Lipinski definition) is 5. The Kier molecular flexibility index (Phi) is 6.19. The Labute approximate surface area is 131 Å². The van der Waals surface area contributed by atoms with E-state index in [0.29, 0.717) is 11.6 Å². The highest BCUT2D eigenvalue weighted by Gasteiger charge is 2.27. The first-order valence-corrected chi connectivity index (χ1v) is 7.09. The van der Waals surface area contributed by atoms with Gasteiger partial charge >= 0.3 is 0 Å². The average Bonchev–Trinajstić information content (AvgIpc) is 2.73. The average molecular weight is 317 g/mol. The van der Waals surface area contributed by atoms with Crippen LogP contribution in [0.2, 0.25) is 0 Å². The van der Waals surface area contributed by atoms with Crippen LogP contribution in [-0.4, -0.2) is 41.1 Å². The molecule has 1 aliphatic heterocycles. The number of nitrogens with zero attached hydrogens (tertiary/aromatic N) is 2. The van der Waals surface area contributed by atoms with Gasteiger partial charge in [-0.1, -0.05) is 5.16 Å². The van der Waals surface area contributed by atoms with Gasteiger partial charge in [0.25, 0.3) is 0 Å². The number of anilines is 1. The van der Waals surface area contributed by atoms with Crippen LogP contribution in [-0.2, 0) is 4.79 Å². The van der Waals surface area contributed by atoms with Crippen LogP contribution >= 0.6 is 12.4 Å². The normalized spacial score (nSPS) is 17.3. The maximum atomic E-state index is 12.1. The highest BCUT2D eigenvalue weighted by Crippen LogP contribution is 2.20. The van der Waals surface area contributed by atoms with Crippen molar-refractivity contribution in [3.05, 3.63) is 11.8 Å². The Hall–Kier alpha value is -1.11. The number of rotatable bonds is 4. The molecule has 120 valence electrons. The lowest BCUT2D eigenvalue weighted by atomic mass is 9.94. The van der Waals surface area contributed by atoms with Gasteiger partial charge in [0.2, 0.25) is 5.91 Å². The fraction of sp³-hybridized carbons (Fsp3) is 0.714. The highest BCUT2D eigenvalue weighted by atomic mass is 35.5. The Balaban J connectivity index is 0.00000220. The van der Waals surface area contributed by atoms with Crippen molar-refractivity contribution in [1.29, 1.82) is 0 Å². The smallest absolute Gasteiger partial charge is 0.228 e. The Morgan fingerprint density at radius 1 is 1.52 bits per heavy atom. The van der Waals surface area contributed by atoms with Gasteiger partial charge in [0.15, 0.2) is 5.82 Å². The van der Waals surface area contributed by atoms with E-state index in [1.165, 1.54) is 0 Å². The number of carbonyl (C=O) groups excluding carboxylic acids is 1. The molecule has 0 aromatic carbocycles. The molecule has 0 saturated carbocycles. The van der Waals surface area contributed by atoms with Crippen LogP contribution in [0.25, 0.3) is 0 Å². The zero-order chi connectivity index (χ0) is 14.8. The molecule has 7 heteroatoms. The van der Waals surface area contributed by atoms with Crippen molar-refractivity contribution < 1.29 is 9.32 Å². The third-order valence-corrected chi connectivity index (χ3v) is 3.47. The first-order valence-electron chi connectivity index (χ1n) is 7.09. The number of nitrogens with two attached hydrogens (primary N) is 1. The van der Waals surface area contributed by atoms with Gasteiger partial charge in [0, 0.05) is 24.1 Å². The van der Waals surface area contributed by atoms with E-state index in [1.807, 2.05) is 13.8 Å². The fourth-order valence-electron chi connectivity index (χ4n) is 2.58. The van der Waals surface area contributed by atoms with E-state index < -0.39 is 0 Å². The van der Waals surface area contributed by atoms with Crippen LogP contribution in [0.3, 0.4) is 0 Å². The van der Waals surface area contributed by atoms with Crippen LogP contribution in [0.1, 0.15) is 32.4 Å². The van der Waals surface area contributed by atoms with Gasteiger partial charge in [-0.3, -0.25) is 4.79 Å². The van der Waals surface area contributed by atoms with Crippen molar-refractivity contribution in [2.45, 2.75) is 39.2 Å². The summed E-state index contributed by atoms with van der Waals surface area (Å²) < 4.78 is 4.94. The molecular formula is C14H25ClN4O2. The van der Waals surface area contributed by atoms with E-state index in [2.05, 4.69) is 15.4 Å². The van der Waals surface area contributed by atoms with Gasteiger partial charge in [0.1, 0.15) is 5.76 Å². The summed E-state index contributed by atoms with van der Waals surface area (Å²) in [4.78, 5) is 14.5. The second-order valence-corrected chi connectivity index (χ2v) is 6.35. The minimum Gasteiger partial charge on any atom is -0.360 e. The van der Waals surface area contributed by atoms with Crippen molar-refractivity contribution in [1.82, 2.24) is 10.1 Å². The number of carbonyl (C=O) groups is 1. The SMILES string of the molecule is Cc1cc(NC(=O)C2CCN(CC(C)(C)N)CC2)no1.Cl. The van der Waals surface area contributed by atoms with E-state index in [1.54, 1.807) is 13.0 Å². The van der Waals surface area contributed by atoms with Crippen LogP contribution in [0.4, 0.5) is 5.82 Å². The summed E-state index contributed by atoms with van der Waals surface area (Å²) in [7, 11) is 0. The van der Waals surface area contributed by atoms with Crippen molar-refractivity contribution >= 4 is 24.1 Å². The van der Waals surface area contributed by atoms with Gasteiger partial charge in [0.05, 0.1) is 0 Å². The van der Waals surface area contributed by atoms with Gasteiger partial charge < -0.3 is 20.5 Å². The molecule has 1 fully saturated rings. The number of nitrogens with one attached hydrogen (secondary N) is 1. The fourth-order valence-corrected chi connectivity index (χ4v) is 2.58. The number of aryl methyl sites for hydroxylation is 1. The summed E-state index contributed by atoms with van der Waals surface area (Å²) in [5.41, 5.74) is 5.84. The molecule has 0 unspecified atom stereocenters. The lowest BCUT2D eigenvalue weighted by Crippen LogP contribution is -2.48. The number of amides is 1. The van der Waals surface area contributed by atoms with Gasteiger partial charge in [-0.2, -0.15) is 0 Å². The maximum absolute atomic E-state index is 12.1. The molecule has 2 rings (SSSR count). The molecule has 3 N–H and O–H groups in total. The Morgan fingerprint density at radius 3 is 2.62 bits per heavy atom. The summed E-state index contributed by atoms with van der Waals surface area (Å²) in [5, 5.41) is 6.59. The molecule has 1 saturated heterocycles. The monoisotopic (exact) mass is 316 g/mol. The van der Waals surface area contributed by atoms with E-state index in [9.17, 15) is 4.79 Å². The zero-order valence-electron chi connectivity index (χ0n) is 12.9. The molecule has 1 aromatic heterocycles. The van der Waals surface area contributed by atoms with E-state index >= 15 is 0 Å².